The Morgan fingerprint density at radius 1 is 0.200 bits per heavy atom. The molecule has 0 bridgehead atoms. The van der Waals surface area contributed by atoms with Gasteiger partial charge in [0.2, 0.25) is 0 Å². The normalized spacial score (nSPS) is 0. The van der Waals surface area contributed by atoms with E-state index in [1.165, 1.54) is 0 Å². The molecular weight excluding hydrogens is 193 g/mol. The highest BCUT2D eigenvalue weighted by molar-refractivity contribution is 5.76. The van der Waals surface area contributed by atoms with E-state index in [0.717, 1.165) is 0 Å². The minimum absolute atomic E-state index is 0. The zero-order valence-corrected chi connectivity index (χ0v) is 3.50. The van der Waals surface area contributed by atoms with Crippen molar-refractivity contribution < 1.29 is 38.3 Å². The quantitative estimate of drug-likeness (QED) is 0.344. The van der Waals surface area contributed by atoms with Crippen molar-refractivity contribution in [2.45, 2.75) is 0 Å². The second-order valence-corrected chi connectivity index (χ2v) is 0. The van der Waals surface area contributed by atoms with Crippen molar-refractivity contribution in [3.8, 4) is 0 Å². The van der Waals surface area contributed by atoms with Crippen LogP contribution in [0.5, 0.6) is 0 Å². The predicted molar refractivity (Wildman–Crippen MR) is 55.1 cm³/mol. The van der Waals surface area contributed by atoms with Crippen molar-refractivity contribution in [3.05, 3.63) is 0 Å². The minimum atomic E-state index is 0. The number of rotatable bonds is 0. The molecule has 0 aliphatic heterocycles. The van der Waals surface area contributed by atoms with Crippen molar-refractivity contribution in [3.63, 3.8) is 0 Å². The fourth-order valence-electron chi connectivity index (χ4n) is 0. The second kappa shape index (κ2) is 516. The van der Waals surface area contributed by atoms with E-state index < -0.39 is 0 Å². The molecule has 0 radical (unpaired) electrons. The molecule has 0 atom stereocenters. The predicted octanol–water partition coefficient (Wildman–Crippen LogP) is -9.32. The third-order valence-corrected chi connectivity index (χ3v) is 0. The van der Waals surface area contributed by atoms with Gasteiger partial charge in [-0.3, -0.25) is 0 Å². The molecule has 0 heterocycles. The molecule has 0 fully saturated rings. The van der Waals surface area contributed by atoms with E-state index in [9.17, 15) is 0 Å². The monoisotopic (exact) mass is 216 g/mol. The Hall–Kier alpha value is 1.32. The van der Waals surface area contributed by atoms with E-state index in [0.29, 0.717) is 0 Å². The topological polar surface area (TPSA) is 220 Å². The van der Waals surface area contributed by atoms with E-state index in [4.69, 9.17) is 0 Å². The summed E-state index contributed by atoms with van der Waals surface area (Å²) in [5.41, 5.74) is 0. The summed E-state index contributed by atoms with van der Waals surface area (Å²) in [4.78, 5) is 0. The third kappa shape index (κ3) is 371. The van der Waals surface area contributed by atoms with Crippen LogP contribution in [0.1, 0.15) is 0 Å². The van der Waals surface area contributed by atoms with Crippen LogP contribution in [0, 0.1) is 0 Å². The molecule has 10 heteroatoms. The van der Waals surface area contributed by atoms with Crippen molar-refractivity contribution in [2.75, 3.05) is 0 Å². The summed E-state index contributed by atoms with van der Waals surface area (Å²) in [7, 11) is 0. The molecule has 0 saturated carbocycles. The molecule has 0 aromatic rings. The first-order chi connectivity index (χ1) is 0. The molecule has 0 aromatic carbocycles. The van der Waals surface area contributed by atoms with Crippen molar-refractivity contribution >= 4 is 52.1 Å². The van der Waals surface area contributed by atoms with Crippen LogP contribution >= 0.6 is 0 Å². The molecule has 0 unspecified atom stereocenters. The summed E-state index contributed by atoms with van der Waals surface area (Å²) in [6.07, 6.45) is 0. The van der Waals surface area contributed by atoms with Gasteiger partial charge in [-0.25, -0.2) is 0 Å². The maximum atomic E-state index is 0. The molecule has 0 aliphatic rings. The van der Waals surface area contributed by atoms with E-state index in [1.807, 2.05) is 0 Å². The van der Waals surface area contributed by atoms with Crippen LogP contribution in [-0.2, 0) is 0 Å². The number of hydrogen-bond donors (Lipinski definition) is 0. The average molecular weight is 216 g/mol. The average Bonchev–Trinajstić information content (AvgIpc) is 0. The lowest BCUT2D eigenvalue weighted by atomic mass is 16.0. The van der Waals surface area contributed by atoms with Gasteiger partial charge in [-0.2, -0.15) is 0 Å². The van der Waals surface area contributed by atoms with Gasteiger partial charge in [-0.1, -0.05) is 0 Å². The zero-order chi connectivity index (χ0) is 0. The summed E-state index contributed by atoms with van der Waals surface area (Å²) >= 11 is 0. The summed E-state index contributed by atoms with van der Waals surface area (Å²) in [6, 6.07) is 0. The van der Waals surface area contributed by atoms with E-state index in [2.05, 4.69) is 0 Å². The maximum Gasteiger partial charge on any atom is 0.187 e. The molecule has 0 rings (SSSR count). The van der Waals surface area contributed by atoms with Gasteiger partial charge in [-0.15, -0.1) is 0 Å². The number of hydrogen-bond acceptors (Lipinski definition) is 0. The Balaban J connectivity index is 0. The molecule has 14 N–H and O–H groups in total. The lowest BCUT2D eigenvalue weighted by Crippen LogP contribution is -0.382. The van der Waals surface area contributed by atoms with Gasteiger partial charge in [0.1, 0.15) is 0 Å². The van der Waals surface area contributed by atoms with Crippen LogP contribution in [0.15, 0.2) is 0 Å². The van der Waals surface area contributed by atoms with Crippen LogP contribution in [-0.4, -0.2) is 90.4 Å². The third-order valence-electron chi connectivity index (χ3n) is 0. The summed E-state index contributed by atoms with van der Waals surface area (Å²) in [5, 5.41) is 0. The smallest absolute Gasteiger partial charge is 0.187 e. The van der Waals surface area contributed by atoms with Gasteiger partial charge in [0, 0.05) is 0 Å². The Morgan fingerprint density at radius 2 is 0.200 bits per heavy atom. The first-order valence-corrected chi connectivity index (χ1v) is 0. The van der Waals surface area contributed by atoms with Crippen LogP contribution < -0.4 is 0 Å². The van der Waals surface area contributed by atoms with Gasteiger partial charge in [0.15, 0.2) is 52.1 Å². The van der Waals surface area contributed by atoms with E-state index >= 15 is 0 Å². The van der Waals surface area contributed by atoms with Crippen molar-refractivity contribution in [1.82, 2.24) is 0 Å². The molecule has 0 amide bonds. The Labute approximate surface area is 90.4 Å². The van der Waals surface area contributed by atoms with Crippen LogP contribution in [0.4, 0.5) is 0 Å². The largest absolute Gasteiger partial charge is 0.412 e. The van der Waals surface area contributed by atoms with Crippen molar-refractivity contribution in [2.24, 2.45) is 0 Å². The van der Waals surface area contributed by atoms with Gasteiger partial charge >= 0.3 is 0 Å². The lowest BCUT2D eigenvalue weighted by Gasteiger charge is -0.413. The first-order valence-electron chi connectivity index (χ1n) is 0. The molecule has 0 saturated heterocycles. The summed E-state index contributed by atoms with van der Waals surface area (Å²) in [6.45, 7) is 0. The van der Waals surface area contributed by atoms with Crippen molar-refractivity contribution in [1.29, 1.82) is 0 Å². The highest BCUT2D eigenvalue weighted by Crippen LogP contribution is -0.283. The highest BCUT2D eigenvalue weighted by atomic mass is 27.0. The molecular formula is H23Al3O7. The standard InChI is InChI=1S/3Al.7H2O.9H/h;;;7*1H2;;;;;;;;;. The first kappa shape index (κ1) is 694. The lowest BCUT2D eigenvalue weighted by molar-refractivity contribution is 0.823. The Kier molecular flexibility index (Phi) is 35800. The second-order valence-electron chi connectivity index (χ2n) is 0. The molecule has 74 valence electrons. The molecule has 0 spiro atoms. The Bertz CT molecular complexity index is 8.81. The fraction of sp³-hybridized carbons (Fsp3) is 0. The molecule has 0 aliphatic carbocycles. The van der Waals surface area contributed by atoms with E-state index in [-0.39, 0.29) is 90.4 Å². The maximum absolute atomic E-state index is 0. The van der Waals surface area contributed by atoms with Gasteiger partial charge in [0.25, 0.3) is 0 Å². The molecule has 0 aromatic heterocycles. The van der Waals surface area contributed by atoms with Gasteiger partial charge < -0.3 is 38.3 Å². The zero-order valence-electron chi connectivity index (χ0n) is 3.50. The Morgan fingerprint density at radius 3 is 0.200 bits per heavy atom. The van der Waals surface area contributed by atoms with Gasteiger partial charge in [0.05, 0.1) is 0 Å². The van der Waals surface area contributed by atoms with Gasteiger partial charge in [-0.05, 0) is 0 Å². The highest BCUT2D eigenvalue weighted by Gasteiger charge is 0.189. The molecule has 10 heavy (non-hydrogen) atoms. The summed E-state index contributed by atoms with van der Waals surface area (Å²) in [5.74, 6) is 0. The van der Waals surface area contributed by atoms with Crippen LogP contribution in [0.3, 0.4) is 0 Å². The minimum Gasteiger partial charge on any atom is -0.412 e. The van der Waals surface area contributed by atoms with Crippen LogP contribution in [0.2, 0.25) is 0 Å². The molecule has 7 nitrogen and oxygen atoms in total. The summed E-state index contributed by atoms with van der Waals surface area (Å²) < 4.78 is 0. The van der Waals surface area contributed by atoms with Crippen LogP contribution in [0.25, 0.3) is 0 Å². The van der Waals surface area contributed by atoms with E-state index in [1.54, 1.807) is 0 Å². The fourth-order valence-corrected chi connectivity index (χ4v) is 0. The SMILES string of the molecule is O.O.O.O.O.O.O.[AlH3].[AlH3].[AlH3].